The Morgan fingerprint density at radius 2 is 2.23 bits per heavy atom. The van der Waals surface area contributed by atoms with Crippen LogP contribution < -0.4 is 5.32 Å². The summed E-state index contributed by atoms with van der Waals surface area (Å²) in [7, 11) is 0. The molecule has 1 fully saturated rings. The van der Waals surface area contributed by atoms with Crippen molar-refractivity contribution in [1.82, 2.24) is 20.4 Å². The van der Waals surface area contributed by atoms with E-state index in [1.807, 2.05) is 0 Å². The number of carboxylic acid groups (broad SMARTS) is 1. The minimum Gasteiger partial charge on any atom is -0.483 e. The molecule has 1 atom stereocenters. The number of thiophene rings is 1. The highest BCUT2D eigenvalue weighted by molar-refractivity contribution is 7.12. The highest BCUT2D eigenvalue weighted by atomic mass is 32.1. The summed E-state index contributed by atoms with van der Waals surface area (Å²) in [4.78, 5) is 47.3. The summed E-state index contributed by atoms with van der Waals surface area (Å²) in [5, 5.41) is 18.6. The Bertz CT molecular complexity index is 963. The van der Waals surface area contributed by atoms with Gasteiger partial charge in [-0.1, -0.05) is 0 Å². The minimum absolute atomic E-state index is 0.0443. The van der Waals surface area contributed by atoms with Crippen molar-refractivity contribution < 1.29 is 29.0 Å². The van der Waals surface area contributed by atoms with Gasteiger partial charge in [-0.25, -0.2) is 0 Å². The fourth-order valence-electron chi connectivity index (χ4n) is 3.59. The number of Topliss-reactive ketones (excluding diaryl/α,β-unsaturated/α-hetero) is 1. The maximum absolute atomic E-state index is 12.7. The van der Waals surface area contributed by atoms with Crippen molar-refractivity contribution in [2.24, 2.45) is 0 Å². The molecular weight excluding hydrogens is 424 g/mol. The molecule has 0 spiro atoms. The number of carbonyl (C=O) groups excluding carboxylic acids is 3. The smallest absolute Gasteiger partial charge is 0.290 e. The molecule has 0 aromatic carbocycles. The zero-order chi connectivity index (χ0) is 22.4. The summed E-state index contributed by atoms with van der Waals surface area (Å²) < 4.78 is 5.52. The fourth-order valence-corrected chi connectivity index (χ4v) is 4.37. The first-order valence-electron chi connectivity index (χ1n) is 9.87. The second-order valence-corrected chi connectivity index (χ2v) is 8.12. The largest absolute Gasteiger partial charge is 0.483 e. The number of aromatic amines is 1. The van der Waals surface area contributed by atoms with Crippen LogP contribution in [-0.4, -0.2) is 70.1 Å². The Balaban J connectivity index is 0.000000858. The van der Waals surface area contributed by atoms with E-state index in [9.17, 15) is 14.4 Å². The molecule has 0 bridgehead atoms. The number of ketones is 1. The van der Waals surface area contributed by atoms with Crippen molar-refractivity contribution >= 4 is 35.4 Å². The average molecular weight is 449 g/mol. The van der Waals surface area contributed by atoms with Crippen LogP contribution in [0, 0.1) is 0 Å². The number of ether oxygens (including phenoxy) is 1. The standard InChI is InChI=1S/C19H22N4O4S.CH2O2/c1-11(24)16-7-12(10-28-16)19(26)23-5-4-14-15(9-23)21-22-17(14)18(25)20-8-13-3-2-6-27-13;2-1-3/h7,10,13H,2-6,8-9H2,1H3,(H,20,25)(H,21,22);1H,(H,2,3). The molecule has 2 aromatic heterocycles. The van der Waals surface area contributed by atoms with E-state index >= 15 is 0 Å². The maximum atomic E-state index is 12.7. The number of carbonyl (C=O) groups is 4. The van der Waals surface area contributed by atoms with E-state index in [1.54, 1.807) is 16.3 Å². The molecule has 10 nitrogen and oxygen atoms in total. The quantitative estimate of drug-likeness (QED) is 0.465. The van der Waals surface area contributed by atoms with Gasteiger partial charge in [0.1, 0.15) is 0 Å². The first-order chi connectivity index (χ1) is 14.9. The maximum Gasteiger partial charge on any atom is 0.290 e. The Morgan fingerprint density at radius 3 is 2.87 bits per heavy atom. The Hall–Kier alpha value is -3.05. The summed E-state index contributed by atoms with van der Waals surface area (Å²) in [5.74, 6) is -0.373. The van der Waals surface area contributed by atoms with E-state index < -0.39 is 0 Å². The predicted octanol–water partition coefficient (Wildman–Crippen LogP) is 1.48. The molecule has 0 radical (unpaired) electrons. The van der Waals surface area contributed by atoms with E-state index in [0.29, 0.717) is 42.2 Å². The number of hydrogen-bond acceptors (Lipinski definition) is 7. The first kappa shape index (κ1) is 22.6. The molecule has 2 amide bonds. The van der Waals surface area contributed by atoms with E-state index in [1.165, 1.54) is 18.3 Å². The number of fused-ring (bicyclic) bond motifs is 1. The van der Waals surface area contributed by atoms with E-state index in [2.05, 4.69) is 15.5 Å². The van der Waals surface area contributed by atoms with E-state index in [0.717, 1.165) is 30.7 Å². The van der Waals surface area contributed by atoms with Gasteiger partial charge in [-0.2, -0.15) is 5.10 Å². The van der Waals surface area contributed by atoms with Gasteiger partial charge in [0.05, 0.1) is 28.8 Å². The van der Waals surface area contributed by atoms with Crippen LogP contribution in [0.4, 0.5) is 0 Å². The third-order valence-electron chi connectivity index (χ3n) is 5.14. The SMILES string of the molecule is CC(=O)c1cc(C(=O)N2CCc3c(C(=O)NCC4CCCO4)n[nH]c3C2)cs1.O=CO. The molecule has 2 aliphatic rings. The number of hydrogen-bond donors (Lipinski definition) is 3. The zero-order valence-corrected chi connectivity index (χ0v) is 17.9. The molecule has 31 heavy (non-hydrogen) atoms. The summed E-state index contributed by atoms with van der Waals surface area (Å²) in [6, 6.07) is 1.64. The minimum atomic E-state index is -0.250. The van der Waals surface area contributed by atoms with Gasteiger partial charge in [-0.05, 0) is 32.3 Å². The first-order valence-corrected chi connectivity index (χ1v) is 10.7. The number of nitrogens with zero attached hydrogens (tertiary/aromatic N) is 2. The van der Waals surface area contributed by atoms with Crippen molar-refractivity contribution in [3.8, 4) is 0 Å². The Labute approximate surface area is 182 Å². The van der Waals surface area contributed by atoms with Gasteiger partial charge < -0.3 is 20.1 Å². The van der Waals surface area contributed by atoms with Crippen LogP contribution in [0.5, 0.6) is 0 Å². The van der Waals surface area contributed by atoms with Crippen molar-refractivity contribution in [3.63, 3.8) is 0 Å². The van der Waals surface area contributed by atoms with Crippen LogP contribution in [0.2, 0.25) is 0 Å². The predicted molar refractivity (Wildman–Crippen MR) is 111 cm³/mol. The van der Waals surface area contributed by atoms with Crippen molar-refractivity contribution in [2.75, 3.05) is 19.7 Å². The molecule has 166 valence electrons. The lowest BCUT2D eigenvalue weighted by Gasteiger charge is -2.26. The number of aromatic nitrogens is 2. The van der Waals surface area contributed by atoms with Crippen LogP contribution >= 0.6 is 11.3 Å². The Morgan fingerprint density at radius 1 is 1.45 bits per heavy atom. The number of H-pyrrole nitrogens is 1. The molecule has 1 saturated heterocycles. The molecule has 0 saturated carbocycles. The van der Waals surface area contributed by atoms with Crippen LogP contribution in [0.25, 0.3) is 0 Å². The molecular formula is C20H24N4O6S. The fraction of sp³-hybridized carbons (Fsp3) is 0.450. The van der Waals surface area contributed by atoms with Crippen LogP contribution in [0.3, 0.4) is 0 Å². The number of nitrogens with one attached hydrogen (secondary N) is 2. The summed E-state index contributed by atoms with van der Waals surface area (Å²) >= 11 is 1.28. The molecule has 11 heteroatoms. The third-order valence-corrected chi connectivity index (χ3v) is 6.17. The summed E-state index contributed by atoms with van der Waals surface area (Å²) in [6.45, 7) is 3.35. The lowest BCUT2D eigenvalue weighted by molar-refractivity contribution is -0.122. The zero-order valence-electron chi connectivity index (χ0n) is 17.1. The highest BCUT2D eigenvalue weighted by Crippen LogP contribution is 2.24. The summed E-state index contributed by atoms with van der Waals surface area (Å²) in [5.41, 5.74) is 2.56. The summed E-state index contributed by atoms with van der Waals surface area (Å²) in [6.07, 6.45) is 2.63. The second kappa shape index (κ2) is 10.3. The van der Waals surface area contributed by atoms with Gasteiger partial charge in [0.15, 0.2) is 11.5 Å². The van der Waals surface area contributed by atoms with Crippen molar-refractivity contribution in [2.45, 2.75) is 38.8 Å². The van der Waals surface area contributed by atoms with Gasteiger partial charge in [0.2, 0.25) is 0 Å². The van der Waals surface area contributed by atoms with Gasteiger partial charge in [-0.3, -0.25) is 24.3 Å². The molecule has 1 unspecified atom stereocenters. The average Bonchev–Trinajstić information content (AvgIpc) is 3.52. The lowest BCUT2D eigenvalue weighted by Crippen LogP contribution is -2.37. The van der Waals surface area contributed by atoms with Crippen LogP contribution in [0.15, 0.2) is 11.4 Å². The molecule has 2 aliphatic heterocycles. The topological polar surface area (TPSA) is 142 Å². The monoisotopic (exact) mass is 448 g/mol. The number of rotatable bonds is 5. The molecule has 4 rings (SSSR count). The molecule has 0 aliphatic carbocycles. The van der Waals surface area contributed by atoms with Gasteiger partial charge in [-0.15, -0.1) is 11.3 Å². The van der Waals surface area contributed by atoms with Crippen molar-refractivity contribution in [3.05, 3.63) is 38.8 Å². The van der Waals surface area contributed by atoms with Crippen LogP contribution in [-0.2, 0) is 22.5 Å². The van der Waals surface area contributed by atoms with E-state index in [-0.39, 0.29) is 30.2 Å². The van der Waals surface area contributed by atoms with Gasteiger partial charge in [0, 0.05) is 30.6 Å². The Kier molecular flexibility index (Phi) is 7.53. The second-order valence-electron chi connectivity index (χ2n) is 7.21. The van der Waals surface area contributed by atoms with E-state index in [4.69, 9.17) is 14.6 Å². The van der Waals surface area contributed by atoms with Crippen LogP contribution in [0.1, 0.15) is 61.5 Å². The van der Waals surface area contributed by atoms with Crippen molar-refractivity contribution in [1.29, 1.82) is 0 Å². The highest BCUT2D eigenvalue weighted by Gasteiger charge is 2.29. The molecule has 3 N–H and O–H groups in total. The van der Waals surface area contributed by atoms with Gasteiger partial charge in [0.25, 0.3) is 18.3 Å². The number of amides is 2. The lowest BCUT2D eigenvalue weighted by atomic mass is 10.0. The third kappa shape index (κ3) is 5.36. The molecule has 2 aromatic rings. The normalized spacial score (nSPS) is 17.3. The van der Waals surface area contributed by atoms with Gasteiger partial charge >= 0.3 is 0 Å². The molecule has 4 heterocycles.